The van der Waals surface area contributed by atoms with Crippen LogP contribution in [0.3, 0.4) is 0 Å². The second kappa shape index (κ2) is 7.78. The number of carbonyl (C=O) groups excluding carboxylic acids is 1. The second-order valence-corrected chi connectivity index (χ2v) is 7.73. The lowest BCUT2D eigenvalue weighted by Gasteiger charge is -2.08. The summed E-state index contributed by atoms with van der Waals surface area (Å²) in [5.41, 5.74) is 5.07. The summed E-state index contributed by atoms with van der Waals surface area (Å²) in [5, 5.41) is 3.46. The molecular formula is C25H18ClN3O2. The largest absolute Gasteiger partial charge is 0.457 e. The van der Waals surface area contributed by atoms with Crippen LogP contribution in [0.1, 0.15) is 16.8 Å². The van der Waals surface area contributed by atoms with Crippen molar-refractivity contribution in [3.05, 3.63) is 101 Å². The number of aromatic nitrogens is 2. The standard InChI is InChI=1S/C25H18ClN3O2/c1-16-14-29(15-27-16)19-5-9-21(10-6-19)31-20-7-2-17(3-8-20)12-23-22-13-18(26)4-11-24(22)28-25(23)30/h2-15H,1H3,(H,28,30)/b23-12+. The predicted octanol–water partition coefficient (Wildman–Crippen LogP) is 6.12. The minimum Gasteiger partial charge on any atom is -0.457 e. The van der Waals surface area contributed by atoms with Crippen LogP contribution in [0.15, 0.2) is 79.3 Å². The lowest BCUT2D eigenvalue weighted by molar-refractivity contribution is -0.110. The first-order chi connectivity index (χ1) is 15.0. The molecule has 4 aromatic rings. The maximum Gasteiger partial charge on any atom is 0.256 e. The number of imidazole rings is 1. The molecule has 0 atom stereocenters. The number of benzene rings is 3. The maximum absolute atomic E-state index is 12.3. The highest BCUT2D eigenvalue weighted by Crippen LogP contribution is 2.35. The first kappa shape index (κ1) is 19.2. The van der Waals surface area contributed by atoms with Gasteiger partial charge in [-0.05, 0) is 73.2 Å². The number of amides is 1. The molecule has 0 saturated carbocycles. The van der Waals surface area contributed by atoms with Crippen LogP contribution in [0.25, 0.3) is 17.3 Å². The minimum absolute atomic E-state index is 0.134. The number of nitrogens with one attached hydrogen (secondary N) is 1. The normalized spacial score (nSPS) is 13.9. The summed E-state index contributed by atoms with van der Waals surface area (Å²) in [7, 11) is 0. The zero-order valence-electron chi connectivity index (χ0n) is 16.7. The fourth-order valence-electron chi connectivity index (χ4n) is 3.49. The maximum atomic E-state index is 12.3. The van der Waals surface area contributed by atoms with Crippen LogP contribution >= 0.6 is 11.6 Å². The van der Waals surface area contributed by atoms with Gasteiger partial charge in [-0.25, -0.2) is 4.98 Å². The minimum atomic E-state index is -0.134. The summed E-state index contributed by atoms with van der Waals surface area (Å²) in [6.45, 7) is 1.96. The Morgan fingerprint density at radius 3 is 2.39 bits per heavy atom. The third kappa shape index (κ3) is 3.96. The van der Waals surface area contributed by atoms with Crippen LogP contribution in [0, 0.1) is 6.92 Å². The highest BCUT2D eigenvalue weighted by Gasteiger charge is 2.24. The number of carbonyl (C=O) groups is 1. The van der Waals surface area contributed by atoms with Gasteiger partial charge in [0, 0.05) is 33.7 Å². The molecule has 1 amide bonds. The Hall–Kier alpha value is -3.83. The SMILES string of the molecule is Cc1cn(-c2ccc(Oc3ccc(/C=C4/C(=O)Nc5ccc(Cl)cc54)cc3)cc2)cn1. The molecule has 31 heavy (non-hydrogen) atoms. The molecule has 1 aliphatic rings. The van der Waals surface area contributed by atoms with Gasteiger partial charge >= 0.3 is 0 Å². The zero-order valence-corrected chi connectivity index (χ0v) is 17.4. The Bertz CT molecular complexity index is 1310. The topological polar surface area (TPSA) is 56.1 Å². The molecule has 5 rings (SSSR count). The van der Waals surface area contributed by atoms with E-state index in [1.165, 1.54) is 0 Å². The number of fused-ring (bicyclic) bond motifs is 1. The van der Waals surface area contributed by atoms with E-state index in [1.54, 1.807) is 18.5 Å². The number of halogens is 1. The van der Waals surface area contributed by atoms with E-state index in [1.807, 2.05) is 78.4 Å². The summed E-state index contributed by atoms with van der Waals surface area (Å²) in [4.78, 5) is 16.6. The van der Waals surface area contributed by atoms with Gasteiger partial charge in [0.05, 0.1) is 12.0 Å². The molecule has 0 bridgehead atoms. The molecule has 5 nitrogen and oxygen atoms in total. The summed E-state index contributed by atoms with van der Waals surface area (Å²) in [6.07, 6.45) is 5.61. The molecule has 0 spiro atoms. The van der Waals surface area contributed by atoms with Gasteiger partial charge in [-0.3, -0.25) is 4.79 Å². The van der Waals surface area contributed by atoms with Crippen LogP contribution in [0.2, 0.25) is 5.02 Å². The summed E-state index contributed by atoms with van der Waals surface area (Å²) >= 11 is 6.10. The Kier molecular flexibility index (Phi) is 4.81. The van der Waals surface area contributed by atoms with Crippen molar-refractivity contribution in [1.29, 1.82) is 0 Å². The molecule has 1 N–H and O–H groups in total. The highest BCUT2D eigenvalue weighted by molar-refractivity contribution is 6.36. The molecule has 0 aliphatic carbocycles. The van der Waals surface area contributed by atoms with Gasteiger partial charge < -0.3 is 14.6 Å². The van der Waals surface area contributed by atoms with Crippen molar-refractivity contribution in [2.45, 2.75) is 6.92 Å². The van der Waals surface area contributed by atoms with E-state index in [2.05, 4.69) is 10.3 Å². The number of ether oxygens (including phenoxy) is 1. The Morgan fingerprint density at radius 2 is 1.71 bits per heavy atom. The van der Waals surface area contributed by atoms with Crippen molar-refractivity contribution in [2.75, 3.05) is 5.32 Å². The average molecular weight is 428 g/mol. The predicted molar refractivity (Wildman–Crippen MR) is 123 cm³/mol. The van der Waals surface area contributed by atoms with Crippen molar-refractivity contribution in [2.24, 2.45) is 0 Å². The van der Waals surface area contributed by atoms with Gasteiger partial charge in [-0.2, -0.15) is 0 Å². The number of hydrogen-bond donors (Lipinski definition) is 1. The molecule has 0 unspecified atom stereocenters. The lowest BCUT2D eigenvalue weighted by atomic mass is 10.0. The van der Waals surface area contributed by atoms with Crippen LogP contribution in [0.4, 0.5) is 5.69 Å². The van der Waals surface area contributed by atoms with Crippen molar-refractivity contribution < 1.29 is 9.53 Å². The quantitative estimate of drug-likeness (QED) is 0.399. The summed E-state index contributed by atoms with van der Waals surface area (Å²) < 4.78 is 7.91. The fraction of sp³-hybridized carbons (Fsp3) is 0.0400. The molecule has 0 radical (unpaired) electrons. The number of rotatable bonds is 4. The Labute approximate surface area is 184 Å². The number of hydrogen-bond acceptors (Lipinski definition) is 3. The number of aryl methyl sites for hydroxylation is 1. The van der Waals surface area contributed by atoms with Crippen LogP contribution in [-0.4, -0.2) is 15.5 Å². The van der Waals surface area contributed by atoms with Gasteiger partial charge in [0.1, 0.15) is 11.5 Å². The first-order valence-electron chi connectivity index (χ1n) is 9.77. The lowest BCUT2D eigenvalue weighted by Crippen LogP contribution is -2.03. The van der Waals surface area contributed by atoms with Gasteiger partial charge in [0.25, 0.3) is 5.91 Å². The van der Waals surface area contributed by atoms with Crippen LogP contribution in [0.5, 0.6) is 11.5 Å². The van der Waals surface area contributed by atoms with Crippen LogP contribution in [-0.2, 0) is 4.79 Å². The molecule has 0 saturated heterocycles. The molecule has 3 aromatic carbocycles. The van der Waals surface area contributed by atoms with Crippen molar-refractivity contribution >= 4 is 34.8 Å². The van der Waals surface area contributed by atoms with Crippen molar-refractivity contribution in [1.82, 2.24) is 9.55 Å². The van der Waals surface area contributed by atoms with E-state index in [-0.39, 0.29) is 5.91 Å². The van der Waals surface area contributed by atoms with E-state index < -0.39 is 0 Å². The number of nitrogens with zero attached hydrogens (tertiary/aromatic N) is 2. The molecule has 2 heterocycles. The fourth-order valence-corrected chi connectivity index (χ4v) is 3.66. The molecular weight excluding hydrogens is 410 g/mol. The van der Waals surface area contributed by atoms with Crippen molar-refractivity contribution in [3.8, 4) is 17.2 Å². The number of anilines is 1. The second-order valence-electron chi connectivity index (χ2n) is 7.29. The van der Waals surface area contributed by atoms with Gasteiger partial charge in [0.2, 0.25) is 0 Å². The van der Waals surface area contributed by atoms with Crippen molar-refractivity contribution in [3.63, 3.8) is 0 Å². The molecule has 152 valence electrons. The van der Waals surface area contributed by atoms with E-state index in [0.717, 1.165) is 33.9 Å². The zero-order chi connectivity index (χ0) is 21.4. The van der Waals surface area contributed by atoms with Gasteiger partial charge in [-0.1, -0.05) is 23.7 Å². The average Bonchev–Trinajstić information content (AvgIpc) is 3.33. The smallest absolute Gasteiger partial charge is 0.256 e. The Morgan fingerprint density at radius 1 is 1.00 bits per heavy atom. The summed E-state index contributed by atoms with van der Waals surface area (Å²) in [5.74, 6) is 1.32. The van der Waals surface area contributed by atoms with Gasteiger partial charge in [0.15, 0.2) is 0 Å². The Balaban J connectivity index is 1.32. The molecule has 1 aliphatic heterocycles. The van der Waals surface area contributed by atoms with E-state index in [4.69, 9.17) is 16.3 Å². The first-order valence-corrected chi connectivity index (χ1v) is 10.1. The highest BCUT2D eigenvalue weighted by atomic mass is 35.5. The third-order valence-electron chi connectivity index (χ3n) is 5.04. The van der Waals surface area contributed by atoms with E-state index in [0.29, 0.717) is 16.3 Å². The summed E-state index contributed by atoms with van der Waals surface area (Å²) in [6, 6.07) is 20.8. The van der Waals surface area contributed by atoms with E-state index >= 15 is 0 Å². The third-order valence-corrected chi connectivity index (χ3v) is 5.27. The monoisotopic (exact) mass is 427 g/mol. The molecule has 1 aromatic heterocycles. The van der Waals surface area contributed by atoms with Crippen LogP contribution < -0.4 is 10.1 Å². The molecule has 0 fully saturated rings. The van der Waals surface area contributed by atoms with Gasteiger partial charge in [-0.15, -0.1) is 0 Å². The molecule has 6 heteroatoms. The van der Waals surface area contributed by atoms with E-state index in [9.17, 15) is 4.79 Å².